The van der Waals surface area contributed by atoms with Gasteiger partial charge in [0.25, 0.3) is 0 Å². The van der Waals surface area contributed by atoms with E-state index in [4.69, 9.17) is 15.2 Å². The Morgan fingerprint density at radius 2 is 1.75 bits per heavy atom. The van der Waals surface area contributed by atoms with E-state index in [-0.39, 0.29) is 6.04 Å². The Kier molecular flexibility index (Phi) is 7.59. The fourth-order valence-electron chi connectivity index (χ4n) is 2.29. The zero-order chi connectivity index (χ0) is 15.0. The molecular weight excluding hydrogens is 252 g/mol. The molecule has 114 valence electrons. The zero-order valence-corrected chi connectivity index (χ0v) is 13.2. The molecule has 0 aliphatic carbocycles. The molecule has 20 heavy (non-hydrogen) atoms. The normalized spacial score (nSPS) is 12.4. The molecule has 0 saturated carbocycles. The molecule has 0 spiro atoms. The average Bonchev–Trinajstić information content (AvgIpc) is 2.39. The second-order valence-electron chi connectivity index (χ2n) is 5.29. The molecule has 1 aromatic rings. The molecular formula is C16H28N2O2. The number of hydrogen-bond donors (Lipinski definition) is 1. The van der Waals surface area contributed by atoms with Crippen LogP contribution in [0.2, 0.25) is 0 Å². The Morgan fingerprint density at radius 3 is 2.25 bits per heavy atom. The highest BCUT2D eigenvalue weighted by molar-refractivity contribution is 5.55. The third kappa shape index (κ3) is 5.49. The number of rotatable bonds is 9. The SMILES string of the molecule is COCCN(CCOC)c1ccc(C)cc1CC(C)N. The molecule has 1 rings (SSSR count). The lowest BCUT2D eigenvalue weighted by Crippen LogP contribution is -2.32. The number of nitrogens with two attached hydrogens (primary N) is 1. The summed E-state index contributed by atoms with van der Waals surface area (Å²) in [6.07, 6.45) is 0.882. The van der Waals surface area contributed by atoms with Crippen LogP contribution < -0.4 is 10.6 Å². The van der Waals surface area contributed by atoms with Crippen molar-refractivity contribution in [3.05, 3.63) is 29.3 Å². The predicted octanol–water partition coefficient (Wildman–Crippen LogP) is 1.98. The van der Waals surface area contributed by atoms with Gasteiger partial charge in [0.1, 0.15) is 0 Å². The van der Waals surface area contributed by atoms with Crippen LogP contribution in [0.25, 0.3) is 0 Å². The molecule has 2 N–H and O–H groups in total. The summed E-state index contributed by atoms with van der Waals surface area (Å²) in [5, 5.41) is 0. The second-order valence-corrected chi connectivity index (χ2v) is 5.29. The smallest absolute Gasteiger partial charge is 0.0637 e. The molecule has 0 bridgehead atoms. The molecule has 0 aliphatic rings. The molecule has 1 aromatic carbocycles. The average molecular weight is 280 g/mol. The lowest BCUT2D eigenvalue weighted by atomic mass is 10.0. The first-order valence-corrected chi connectivity index (χ1v) is 7.16. The molecule has 0 saturated heterocycles. The molecule has 0 heterocycles. The van der Waals surface area contributed by atoms with Crippen LogP contribution in [-0.2, 0) is 15.9 Å². The third-order valence-corrected chi connectivity index (χ3v) is 3.25. The predicted molar refractivity (Wildman–Crippen MR) is 84.5 cm³/mol. The lowest BCUT2D eigenvalue weighted by Gasteiger charge is -2.27. The van der Waals surface area contributed by atoms with Crippen LogP contribution in [0.5, 0.6) is 0 Å². The maximum Gasteiger partial charge on any atom is 0.0637 e. The quantitative estimate of drug-likeness (QED) is 0.751. The van der Waals surface area contributed by atoms with Crippen molar-refractivity contribution in [2.45, 2.75) is 26.3 Å². The maximum absolute atomic E-state index is 5.98. The Bertz CT molecular complexity index is 386. The van der Waals surface area contributed by atoms with E-state index in [1.54, 1.807) is 14.2 Å². The summed E-state index contributed by atoms with van der Waals surface area (Å²) in [5.74, 6) is 0. The zero-order valence-electron chi connectivity index (χ0n) is 13.2. The van der Waals surface area contributed by atoms with Crippen LogP contribution >= 0.6 is 0 Å². The Balaban J connectivity index is 2.96. The number of aryl methyl sites for hydroxylation is 1. The monoisotopic (exact) mass is 280 g/mol. The van der Waals surface area contributed by atoms with Gasteiger partial charge in [-0.2, -0.15) is 0 Å². The highest BCUT2D eigenvalue weighted by atomic mass is 16.5. The molecule has 4 heteroatoms. The van der Waals surface area contributed by atoms with Crippen molar-refractivity contribution in [1.29, 1.82) is 0 Å². The highest BCUT2D eigenvalue weighted by Crippen LogP contribution is 2.23. The largest absolute Gasteiger partial charge is 0.383 e. The van der Waals surface area contributed by atoms with Gasteiger partial charge >= 0.3 is 0 Å². The molecule has 0 fully saturated rings. The number of hydrogen-bond acceptors (Lipinski definition) is 4. The van der Waals surface area contributed by atoms with Gasteiger partial charge in [0.05, 0.1) is 13.2 Å². The first-order chi connectivity index (χ1) is 9.58. The highest BCUT2D eigenvalue weighted by Gasteiger charge is 2.12. The summed E-state index contributed by atoms with van der Waals surface area (Å²) >= 11 is 0. The topological polar surface area (TPSA) is 47.7 Å². The summed E-state index contributed by atoms with van der Waals surface area (Å²) in [5.41, 5.74) is 9.78. The molecule has 1 atom stereocenters. The van der Waals surface area contributed by atoms with Crippen LogP contribution in [0.1, 0.15) is 18.1 Å². The van der Waals surface area contributed by atoms with E-state index in [9.17, 15) is 0 Å². The fourth-order valence-corrected chi connectivity index (χ4v) is 2.29. The minimum Gasteiger partial charge on any atom is -0.383 e. The van der Waals surface area contributed by atoms with Gasteiger partial charge < -0.3 is 20.1 Å². The standard InChI is InChI=1S/C16H28N2O2/c1-13-5-6-16(15(11-13)12-14(2)17)18(7-9-19-3)8-10-20-4/h5-6,11,14H,7-10,12,17H2,1-4H3. The third-order valence-electron chi connectivity index (χ3n) is 3.25. The molecule has 4 nitrogen and oxygen atoms in total. The maximum atomic E-state index is 5.98. The Labute approximate surface area is 122 Å². The van der Waals surface area contributed by atoms with Gasteiger partial charge in [-0.05, 0) is 31.9 Å². The van der Waals surface area contributed by atoms with E-state index in [1.807, 2.05) is 6.92 Å². The van der Waals surface area contributed by atoms with E-state index in [0.717, 1.165) is 19.5 Å². The first-order valence-electron chi connectivity index (χ1n) is 7.16. The molecule has 0 amide bonds. The molecule has 1 unspecified atom stereocenters. The number of ether oxygens (including phenoxy) is 2. The van der Waals surface area contributed by atoms with Gasteiger partial charge in [-0.3, -0.25) is 0 Å². The van der Waals surface area contributed by atoms with Crippen molar-refractivity contribution in [2.75, 3.05) is 45.4 Å². The molecule has 0 aromatic heterocycles. The number of benzene rings is 1. The summed E-state index contributed by atoms with van der Waals surface area (Å²) in [6, 6.07) is 6.71. The van der Waals surface area contributed by atoms with Gasteiger partial charge in [-0.1, -0.05) is 17.7 Å². The van der Waals surface area contributed by atoms with E-state index >= 15 is 0 Å². The fraction of sp³-hybridized carbons (Fsp3) is 0.625. The van der Waals surface area contributed by atoms with Crippen LogP contribution in [-0.4, -0.2) is 46.6 Å². The van der Waals surface area contributed by atoms with Crippen molar-refractivity contribution in [2.24, 2.45) is 5.73 Å². The Morgan fingerprint density at radius 1 is 1.15 bits per heavy atom. The van der Waals surface area contributed by atoms with Gasteiger partial charge in [0.2, 0.25) is 0 Å². The van der Waals surface area contributed by atoms with Gasteiger partial charge in [0.15, 0.2) is 0 Å². The van der Waals surface area contributed by atoms with Crippen LogP contribution in [0, 0.1) is 6.92 Å². The summed E-state index contributed by atoms with van der Waals surface area (Å²) < 4.78 is 10.4. The lowest BCUT2D eigenvalue weighted by molar-refractivity contribution is 0.190. The van der Waals surface area contributed by atoms with Crippen LogP contribution in [0.4, 0.5) is 5.69 Å². The summed E-state index contributed by atoms with van der Waals surface area (Å²) in [7, 11) is 3.46. The van der Waals surface area contributed by atoms with Crippen molar-refractivity contribution < 1.29 is 9.47 Å². The molecule has 0 radical (unpaired) electrons. The summed E-state index contributed by atoms with van der Waals surface area (Å²) in [4.78, 5) is 2.31. The van der Waals surface area contributed by atoms with Crippen molar-refractivity contribution >= 4 is 5.69 Å². The second kappa shape index (κ2) is 8.95. The molecule has 0 aliphatic heterocycles. The van der Waals surface area contributed by atoms with E-state index in [0.29, 0.717) is 13.2 Å². The first kappa shape index (κ1) is 17.0. The van der Waals surface area contributed by atoms with Crippen molar-refractivity contribution in [3.63, 3.8) is 0 Å². The number of methoxy groups -OCH3 is 2. The summed E-state index contributed by atoms with van der Waals surface area (Å²) in [6.45, 7) is 7.28. The van der Waals surface area contributed by atoms with Gasteiger partial charge in [-0.15, -0.1) is 0 Å². The Hall–Kier alpha value is -1.10. The van der Waals surface area contributed by atoms with E-state index in [1.165, 1.54) is 16.8 Å². The van der Waals surface area contributed by atoms with Crippen molar-refractivity contribution in [3.8, 4) is 0 Å². The van der Waals surface area contributed by atoms with Gasteiger partial charge in [-0.25, -0.2) is 0 Å². The van der Waals surface area contributed by atoms with Crippen LogP contribution in [0.3, 0.4) is 0 Å². The van der Waals surface area contributed by atoms with Gasteiger partial charge in [0, 0.05) is 39.0 Å². The minimum absolute atomic E-state index is 0.155. The van der Waals surface area contributed by atoms with Crippen molar-refractivity contribution in [1.82, 2.24) is 0 Å². The van der Waals surface area contributed by atoms with E-state index < -0.39 is 0 Å². The van der Waals surface area contributed by atoms with E-state index in [2.05, 4.69) is 30.0 Å². The number of anilines is 1. The van der Waals surface area contributed by atoms with Crippen LogP contribution in [0.15, 0.2) is 18.2 Å². The number of nitrogens with zero attached hydrogens (tertiary/aromatic N) is 1. The minimum atomic E-state index is 0.155.